The minimum absolute atomic E-state index is 0.0237. The van der Waals surface area contributed by atoms with Gasteiger partial charge in [-0.05, 0) is 37.1 Å². The molecule has 3 heterocycles. The first-order valence-corrected chi connectivity index (χ1v) is 12.0. The minimum Gasteiger partial charge on any atom is -0.456 e. The first-order valence-electron chi connectivity index (χ1n) is 12.0. The summed E-state index contributed by atoms with van der Waals surface area (Å²) in [5, 5.41) is 25.5. The number of fused-ring (bicyclic) bond motifs is 1. The SMILES string of the molecule is C[C@@H](O)[C@H]1C(=O)N2C(C(=O)OCc3ccc([N+](=O)[O-])cc3)=C(c3cc(C(=O)c4ccccc4)n(C)n3)C[C@H]12. The van der Waals surface area contributed by atoms with Gasteiger partial charge in [0.15, 0.2) is 0 Å². The fourth-order valence-electron chi connectivity index (χ4n) is 4.98. The summed E-state index contributed by atoms with van der Waals surface area (Å²) in [6.07, 6.45) is -0.640. The number of aliphatic hydroxyl groups is 1. The van der Waals surface area contributed by atoms with Gasteiger partial charge in [0.25, 0.3) is 5.69 Å². The molecule has 2 aliphatic heterocycles. The van der Waals surface area contributed by atoms with Crippen molar-refractivity contribution in [2.75, 3.05) is 0 Å². The summed E-state index contributed by atoms with van der Waals surface area (Å²) in [5.41, 5.74) is 2.07. The number of nitro benzene ring substituents is 1. The van der Waals surface area contributed by atoms with E-state index in [2.05, 4.69) is 5.10 Å². The van der Waals surface area contributed by atoms with Gasteiger partial charge in [-0.25, -0.2) is 4.79 Å². The molecule has 0 spiro atoms. The predicted molar refractivity (Wildman–Crippen MR) is 133 cm³/mol. The van der Waals surface area contributed by atoms with Crippen molar-refractivity contribution in [1.29, 1.82) is 0 Å². The highest BCUT2D eigenvalue weighted by Gasteiger charge is 2.57. The number of amides is 1. The van der Waals surface area contributed by atoms with Crippen LogP contribution >= 0.6 is 0 Å². The third-order valence-corrected chi connectivity index (χ3v) is 6.90. The number of benzene rings is 2. The first kappa shape index (κ1) is 25.0. The van der Waals surface area contributed by atoms with Crippen LogP contribution in [0.2, 0.25) is 0 Å². The average Bonchev–Trinajstić information content (AvgIpc) is 3.45. The van der Waals surface area contributed by atoms with E-state index >= 15 is 0 Å². The Morgan fingerprint density at radius 3 is 2.50 bits per heavy atom. The Morgan fingerprint density at radius 2 is 1.87 bits per heavy atom. The van der Waals surface area contributed by atoms with E-state index in [1.54, 1.807) is 37.4 Å². The summed E-state index contributed by atoms with van der Waals surface area (Å²) < 4.78 is 6.92. The zero-order valence-corrected chi connectivity index (χ0v) is 20.6. The molecule has 3 atom stereocenters. The van der Waals surface area contributed by atoms with Gasteiger partial charge in [0.05, 0.1) is 28.7 Å². The first-order chi connectivity index (χ1) is 18.2. The van der Waals surface area contributed by atoms with E-state index in [-0.39, 0.29) is 36.1 Å². The maximum absolute atomic E-state index is 13.3. The van der Waals surface area contributed by atoms with Crippen molar-refractivity contribution in [2.45, 2.75) is 32.1 Å². The summed E-state index contributed by atoms with van der Waals surface area (Å²) >= 11 is 0. The number of non-ortho nitro benzene ring substituents is 1. The second-order valence-corrected chi connectivity index (χ2v) is 9.31. The van der Waals surface area contributed by atoms with Crippen molar-refractivity contribution in [3.63, 3.8) is 0 Å². The molecule has 0 aliphatic carbocycles. The van der Waals surface area contributed by atoms with Crippen LogP contribution < -0.4 is 0 Å². The van der Waals surface area contributed by atoms with Crippen LogP contribution in [0.25, 0.3) is 5.57 Å². The molecule has 0 radical (unpaired) electrons. The monoisotopic (exact) mass is 516 g/mol. The third kappa shape index (κ3) is 4.26. The lowest BCUT2D eigenvalue weighted by Crippen LogP contribution is -2.61. The van der Waals surface area contributed by atoms with E-state index in [9.17, 15) is 29.6 Å². The maximum atomic E-state index is 13.3. The number of nitro groups is 1. The molecule has 1 aromatic heterocycles. The molecule has 3 aromatic rings. The van der Waals surface area contributed by atoms with Crippen LogP contribution in [0.1, 0.15) is 40.7 Å². The zero-order valence-electron chi connectivity index (χ0n) is 20.6. The molecule has 11 heteroatoms. The molecule has 0 bridgehead atoms. The van der Waals surface area contributed by atoms with E-state index in [0.717, 1.165) is 0 Å². The van der Waals surface area contributed by atoms with Crippen LogP contribution in [0, 0.1) is 16.0 Å². The van der Waals surface area contributed by atoms with Crippen LogP contribution in [0.5, 0.6) is 0 Å². The molecular formula is C27H24N4O7. The standard InChI is InChI=1S/C27H24N4O7/c1-15(32)23-21-12-19(20-13-22(29(2)28-20)25(33)17-6-4-3-5-7-17)24(30(21)26(23)34)27(35)38-14-16-8-10-18(11-9-16)31(36)37/h3-11,13,15,21,23,32H,12,14H2,1-2H3/t15-,21-,23-/m1/s1. The van der Waals surface area contributed by atoms with Crippen LogP contribution in [-0.2, 0) is 28.0 Å². The average molecular weight is 517 g/mol. The van der Waals surface area contributed by atoms with Gasteiger partial charge in [0.2, 0.25) is 11.7 Å². The topological polar surface area (TPSA) is 145 Å². The number of esters is 1. The number of aryl methyl sites for hydroxylation is 1. The predicted octanol–water partition coefficient (Wildman–Crippen LogP) is 2.63. The lowest BCUT2D eigenvalue weighted by molar-refractivity contribution is -0.384. The van der Waals surface area contributed by atoms with Gasteiger partial charge in [-0.2, -0.15) is 5.10 Å². The van der Waals surface area contributed by atoms with Crippen molar-refractivity contribution < 1.29 is 29.2 Å². The maximum Gasteiger partial charge on any atom is 0.355 e. The Hall–Kier alpha value is -4.64. The molecule has 0 unspecified atom stereocenters. The van der Waals surface area contributed by atoms with Gasteiger partial charge in [0.1, 0.15) is 18.0 Å². The molecule has 38 heavy (non-hydrogen) atoms. The zero-order chi connectivity index (χ0) is 27.1. The number of rotatable bonds is 8. The molecule has 2 aliphatic rings. The number of hydrogen-bond acceptors (Lipinski definition) is 8. The summed E-state index contributed by atoms with van der Waals surface area (Å²) in [5.74, 6) is -2.06. The van der Waals surface area contributed by atoms with Crippen LogP contribution in [0.15, 0.2) is 66.4 Å². The number of β-lactam (4-membered cyclic amide) rings is 1. The Bertz CT molecular complexity index is 1470. The Morgan fingerprint density at radius 1 is 1.18 bits per heavy atom. The quantitative estimate of drug-likeness (QED) is 0.158. The molecular weight excluding hydrogens is 492 g/mol. The van der Waals surface area contributed by atoms with Gasteiger partial charge in [-0.1, -0.05) is 30.3 Å². The summed E-state index contributed by atoms with van der Waals surface area (Å²) in [4.78, 5) is 50.9. The number of aromatic nitrogens is 2. The van der Waals surface area contributed by atoms with Crippen LogP contribution in [0.3, 0.4) is 0 Å². The lowest BCUT2D eigenvalue weighted by Gasteiger charge is -2.44. The van der Waals surface area contributed by atoms with E-state index in [1.807, 2.05) is 6.07 Å². The van der Waals surface area contributed by atoms with Gasteiger partial charge in [-0.15, -0.1) is 0 Å². The number of ether oxygens (including phenoxy) is 1. The second kappa shape index (κ2) is 9.67. The number of hydrogen-bond donors (Lipinski definition) is 1. The highest BCUT2D eigenvalue weighted by molar-refractivity contribution is 6.09. The van der Waals surface area contributed by atoms with E-state index in [1.165, 1.54) is 40.8 Å². The molecule has 2 aromatic carbocycles. The molecule has 11 nitrogen and oxygen atoms in total. The van der Waals surface area contributed by atoms with Crippen LogP contribution in [-0.4, -0.2) is 54.5 Å². The lowest BCUT2D eigenvalue weighted by atomic mass is 9.83. The van der Waals surface area contributed by atoms with E-state index in [4.69, 9.17) is 4.74 Å². The van der Waals surface area contributed by atoms with Gasteiger partial charge < -0.3 is 14.7 Å². The summed E-state index contributed by atoms with van der Waals surface area (Å²) in [7, 11) is 1.63. The number of nitrogens with zero attached hydrogens (tertiary/aromatic N) is 4. The van der Waals surface area contributed by atoms with E-state index in [0.29, 0.717) is 28.1 Å². The molecule has 194 valence electrons. The summed E-state index contributed by atoms with van der Waals surface area (Å²) in [6.45, 7) is 1.36. The fourth-order valence-corrected chi connectivity index (χ4v) is 4.98. The van der Waals surface area contributed by atoms with Gasteiger partial charge in [-0.3, -0.25) is 24.4 Å². The number of carbonyl (C=O) groups is 3. The normalized spacial score (nSPS) is 19.1. The molecule has 5 rings (SSSR count). The number of aliphatic hydroxyl groups excluding tert-OH is 1. The van der Waals surface area contributed by atoms with Crippen molar-refractivity contribution >= 4 is 28.9 Å². The molecule has 1 N–H and O–H groups in total. The van der Waals surface area contributed by atoms with Crippen molar-refractivity contribution in [1.82, 2.24) is 14.7 Å². The Labute approximate surface area is 217 Å². The van der Waals surface area contributed by atoms with Crippen molar-refractivity contribution in [3.05, 3.63) is 99.0 Å². The second-order valence-electron chi connectivity index (χ2n) is 9.31. The molecule has 0 saturated carbocycles. The number of ketones is 1. The van der Waals surface area contributed by atoms with Gasteiger partial charge >= 0.3 is 5.97 Å². The van der Waals surface area contributed by atoms with E-state index < -0.39 is 29.0 Å². The molecule has 1 fully saturated rings. The molecule has 1 amide bonds. The Balaban J connectivity index is 1.46. The van der Waals surface area contributed by atoms with Gasteiger partial charge in [0, 0.05) is 30.3 Å². The molecule has 1 saturated heterocycles. The highest BCUT2D eigenvalue weighted by atomic mass is 16.6. The fraction of sp³-hybridized carbons (Fsp3) is 0.259. The largest absolute Gasteiger partial charge is 0.456 e. The number of carbonyl (C=O) groups excluding carboxylic acids is 3. The van der Waals surface area contributed by atoms with Crippen molar-refractivity contribution in [3.8, 4) is 0 Å². The van der Waals surface area contributed by atoms with Crippen LogP contribution in [0.4, 0.5) is 5.69 Å². The Kier molecular flexibility index (Phi) is 6.37. The summed E-state index contributed by atoms with van der Waals surface area (Å²) in [6, 6.07) is 15.5. The smallest absolute Gasteiger partial charge is 0.355 e. The third-order valence-electron chi connectivity index (χ3n) is 6.90. The highest BCUT2D eigenvalue weighted by Crippen LogP contribution is 2.47. The minimum atomic E-state index is -0.903. The van der Waals surface area contributed by atoms with Crippen molar-refractivity contribution in [2.24, 2.45) is 13.0 Å².